The number of alkyl halides is 6. The Bertz CT molecular complexity index is 1140. The van der Waals surface area contributed by atoms with E-state index in [9.17, 15) is 31.1 Å². The molecular weight excluding hydrogens is 574 g/mol. The van der Waals surface area contributed by atoms with Gasteiger partial charge in [0.15, 0.2) is 0 Å². The van der Waals surface area contributed by atoms with Crippen molar-refractivity contribution in [3.63, 3.8) is 0 Å². The van der Waals surface area contributed by atoms with Gasteiger partial charge in [-0.3, -0.25) is 4.79 Å². The molecule has 0 saturated carbocycles. The van der Waals surface area contributed by atoms with Crippen LogP contribution in [0.2, 0.25) is 0 Å². The summed E-state index contributed by atoms with van der Waals surface area (Å²) < 4.78 is 79.6. The molecule has 1 aromatic carbocycles. The number of rotatable bonds is 9. The Morgan fingerprint density at radius 3 is 2.22 bits per heavy atom. The molecule has 2 fully saturated rings. The number of amides is 1. The van der Waals surface area contributed by atoms with Crippen molar-refractivity contribution in [3.05, 3.63) is 47.3 Å². The molecule has 2 aliphatic heterocycles. The van der Waals surface area contributed by atoms with E-state index in [0.29, 0.717) is 56.9 Å². The van der Waals surface area contributed by atoms with Crippen LogP contribution in [0.25, 0.3) is 0 Å². The van der Waals surface area contributed by atoms with E-state index in [-0.39, 0.29) is 36.5 Å². The van der Waals surface area contributed by atoms with Crippen molar-refractivity contribution in [2.24, 2.45) is 11.7 Å². The molecule has 4 rings (SSSR count). The van der Waals surface area contributed by atoms with Gasteiger partial charge in [-0.15, -0.1) is 12.4 Å². The summed E-state index contributed by atoms with van der Waals surface area (Å²) >= 11 is 0. The third kappa shape index (κ3) is 8.60. The number of nitrogens with two attached hydrogens (primary N) is 1. The van der Waals surface area contributed by atoms with E-state index in [4.69, 9.17) is 5.73 Å². The number of hydrogen-bond donors (Lipinski definition) is 2. The van der Waals surface area contributed by atoms with Crippen molar-refractivity contribution in [2.75, 3.05) is 42.5 Å². The fourth-order valence-electron chi connectivity index (χ4n) is 5.34. The fraction of sp³-hybridized carbons (Fsp3) is 0.593. The van der Waals surface area contributed by atoms with Crippen LogP contribution < -0.4 is 20.9 Å². The Morgan fingerprint density at radius 1 is 0.951 bits per heavy atom. The minimum Gasteiger partial charge on any atom is -0.356 e. The lowest BCUT2D eigenvalue weighted by molar-refractivity contribution is -0.144. The van der Waals surface area contributed by atoms with Gasteiger partial charge in [0, 0.05) is 32.2 Å². The van der Waals surface area contributed by atoms with E-state index >= 15 is 0 Å². The van der Waals surface area contributed by atoms with Gasteiger partial charge in [-0.05, 0) is 75.1 Å². The van der Waals surface area contributed by atoms with Crippen molar-refractivity contribution < 1.29 is 31.1 Å². The van der Waals surface area contributed by atoms with Crippen LogP contribution in [0.15, 0.2) is 30.3 Å². The molecule has 2 aromatic rings. The van der Waals surface area contributed by atoms with Gasteiger partial charge in [-0.1, -0.05) is 12.1 Å². The van der Waals surface area contributed by atoms with Gasteiger partial charge in [0.2, 0.25) is 11.7 Å². The predicted octanol–water partition coefficient (Wildman–Crippen LogP) is 5.22. The summed E-state index contributed by atoms with van der Waals surface area (Å²) in [6.45, 7) is 2.32. The summed E-state index contributed by atoms with van der Waals surface area (Å²) in [7, 11) is 0. The first-order valence-corrected chi connectivity index (χ1v) is 13.6. The molecule has 0 spiro atoms. The number of aromatic nitrogens is 2. The minimum atomic E-state index is -4.75. The van der Waals surface area contributed by atoms with Gasteiger partial charge < -0.3 is 20.9 Å². The molecule has 0 unspecified atom stereocenters. The Kier molecular flexibility index (Phi) is 11.1. The van der Waals surface area contributed by atoms with Crippen LogP contribution in [0.3, 0.4) is 0 Å². The molecule has 0 aliphatic carbocycles. The molecule has 2 aliphatic rings. The number of carbonyl (C=O) groups excluding carboxylic acids is 1. The van der Waals surface area contributed by atoms with Crippen LogP contribution in [0.5, 0.6) is 0 Å². The number of anilines is 2. The lowest BCUT2D eigenvalue weighted by Crippen LogP contribution is -2.44. The van der Waals surface area contributed by atoms with E-state index in [1.807, 2.05) is 4.90 Å². The van der Waals surface area contributed by atoms with Gasteiger partial charge >= 0.3 is 12.4 Å². The maximum atomic E-state index is 13.8. The Hall–Kier alpha value is -2.80. The summed E-state index contributed by atoms with van der Waals surface area (Å²) in [6, 6.07) is 5.52. The molecule has 1 amide bonds. The predicted molar refractivity (Wildman–Crippen MR) is 146 cm³/mol. The Balaban J connectivity index is 0.00000462. The normalized spacial score (nSPS) is 18.4. The number of hydrogen-bond acceptors (Lipinski definition) is 6. The molecule has 41 heavy (non-hydrogen) atoms. The number of nitrogens with zero attached hydrogens (tertiary/aromatic N) is 4. The van der Waals surface area contributed by atoms with E-state index in [1.54, 1.807) is 4.90 Å². The second-order valence-corrected chi connectivity index (χ2v) is 10.4. The van der Waals surface area contributed by atoms with Crippen molar-refractivity contribution in [1.29, 1.82) is 0 Å². The average molecular weight is 609 g/mol. The third-order valence-electron chi connectivity index (χ3n) is 7.55. The topological polar surface area (TPSA) is 87.4 Å². The first kappa shape index (κ1) is 32.7. The van der Waals surface area contributed by atoms with Crippen molar-refractivity contribution in [1.82, 2.24) is 15.3 Å². The van der Waals surface area contributed by atoms with Crippen LogP contribution in [-0.2, 0) is 23.6 Å². The average Bonchev–Trinajstić information content (AvgIpc) is 3.42. The molecule has 1 aromatic heterocycles. The maximum Gasteiger partial charge on any atom is 0.451 e. The number of benzene rings is 1. The Morgan fingerprint density at radius 2 is 1.61 bits per heavy atom. The van der Waals surface area contributed by atoms with Crippen LogP contribution >= 0.6 is 12.4 Å². The lowest BCUT2D eigenvalue weighted by atomic mass is 9.92. The van der Waals surface area contributed by atoms with Crippen molar-refractivity contribution in [2.45, 2.75) is 63.3 Å². The lowest BCUT2D eigenvalue weighted by Gasteiger charge is -2.34. The van der Waals surface area contributed by atoms with E-state index in [2.05, 4.69) is 15.3 Å². The highest BCUT2D eigenvalue weighted by Gasteiger charge is 2.39. The highest BCUT2D eigenvalue weighted by molar-refractivity contribution is 5.86. The quantitative estimate of drug-likeness (QED) is 0.380. The highest BCUT2D eigenvalue weighted by Crippen LogP contribution is 2.34. The highest BCUT2D eigenvalue weighted by atomic mass is 35.5. The molecule has 2 saturated heterocycles. The third-order valence-corrected chi connectivity index (χ3v) is 7.55. The molecule has 3 heterocycles. The Labute approximate surface area is 241 Å². The van der Waals surface area contributed by atoms with Crippen molar-refractivity contribution >= 4 is 29.9 Å². The molecule has 0 radical (unpaired) electrons. The second kappa shape index (κ2) is 13.9. The molecule has 228 valence electrons. The second-order valence-electron chi connectivity index (χ2n) is 10.4. The first-order chi connectivity index (χ1) is 19.0. The fourth-order valence-corrected chi connectivity index (χ4v) is 5.34. The maximum absolute atomic E-state index is 13.8. The molecule has 14 heteroatoms. The number of piperidine rings is 1. The zero-order chi connectivity index (χ0) is 28.9. The summed E-state index contributed by atoms with van der Waals surface area (Å²) in [5.74, 6) is -0.860. The summed E-state index contributed by atoms with van der Waals surface area (Å²) in [5.41, 5.74) is 5.47. The molecule has 1 atom stereocenters. The standard InChI is InChI=1S/C27H34F6N6O.ClH/c28-26(29,30)20-7-5-19(6-8-20)9-13-35-24(40)21-4-2-14-39(21)23-17-22(36-25(37-23)27(31,32)33)38-15-10-18(11-16-38)3-1-12-34;/h5-8,17-18,21H,1-4,9-16,34H2,(H,35,40);1H/t21-;/m0./s1. The number of halogens is 7. The molecule has 7 nitrogen and oxygen atoms in total. The van der Waals surface area contributed by atoms with Crippen molar-refractivity contribution in [3.8, 4) is 0 Å². The van der Waals surface area contributed by atoms with E-state index in [0.717, 1.165) is 37.8 Å². The first-order valence-electron chi connectivity index (χ1n) is 13.6. The smallest absolute Gasteiger partial charge is 0.356 e. The minimum absolute atomic E-state index is 0. The summed E-state index contributed by atoms with van der Waals surface area (Å²) in [4.78, 5) is 24.1. The van der Waals surface area contributed by atoms with Gasteiger partial charge in [-0.25, -0.2) is 9.97 Å². The van der Waals surface area contributed by atoms with Gasteiger partial charge in [0.05, 0.1) is 5.56 Å². The monoisotopic (exact) mass is 608 g/mol. The van der Waals surface area contributed by atoms with Gasteiger partial charge in [0.1, 0.15) is 17.7 Å². The SMILES string of the molecule is Cl.NCCCC1CCN(c2cc(N3CCC[C@H]3C(=O)NCCc3ccc(C(F)(F)F)cc3)nc(C(F)(F)F)n2)CC1. The van der Waals surface area contributed by atoms with E-state index in [1.165, 1.54) is 18.2 Å². The zero-order valence-electron chi connectivity index (χ0n) is 22.5. The van der Waals surface area contributed by atoms with E-state index < -0.39 is 29.8 Å². The van der Waals surface area contributed by atoms with Crippen LogP contribution in [0.1, 0.15) is 55.5 Å². The summed E-state index contributed by atoms with van der Waals surface area (Å²) in [5, 5.41) is 2.77. The molecular formula is C27H35ClF6N6O. The largest absolute Gasteiger partial charge is 0.451 e. The number of carbonyl (C=O) groups is 1. The molecule has 3 N–H and O–H groups in total. The molecule has 0 bridgehead atoms. The van der Waals surface area contributed by atoms with Gasteiger partial charge in [0.25, 0.3) is 0 Å². The van der Waals surface area contributed by atoms with Crippen LogP contribution in [0, 0.1) is 5.92 Å². The van der Waals surface area contributed by atoms with Gasteiger partial charge in [-0.2, -0.15) is 26.3 Å². The van der Waals surface area contributed by atoms with Crippen LogP contribution in [0.4, 0.5) is 38.0 Å². The zero-order valence-corrected chi connectivity index (χ0v) is 23.3. The summed E-state index contributed by atoms with van der Waals surface area (Å²) in [6.07, 6.45) is -4.21. The van der Waals surface area contributed by atoms with Crippen LogP contribution in [-0.4, -0.2) is 54.6 Å². The number of nitrogens with one attached hydrogen (secondary N) is 1.